The largest absolute Gasteiger partial charge is 0.312 e. The molecule has 1 heterocycles. The molecule has 1 heteroatoms. The normalized spacial score (nSPS) is 22.0. The van der Waals surface area contributed by atoms with Crippen LogP contribution >= 0.6 is 0 Å². The van der Waals surface area contributed by atoms with Crippen LogP contribution in [0.25, 0.3) is 0 Å². The summed E-state index contributed by atoms with van der Waals surface area (Å²) in [7, 11) is 0. The Balaban J connectivity index is 0.000000771. The van der Waals surface area contributed by atoms with E-state index >= 15 is 0 Å². The van der Waals surface area contributed by atoms with Crippen LogP contribution in [0.5, 0.6) is 0 Å². The van der Waals surface area contributed by atoms with Gasteiger partial charge in [0.1, 0.15) is 0 Å². The van der Waals surface area contributed by atoms with E-state index in [-0.39, 0.29) is 5.41 Å². The molecule has 0 unspecified atom stereocenters. The van der Waals surface area contributed by atoms with Gasteiger partial charge in [-0.3, -0.25) is 0 Å². The van der Waals surface area contributed by atoms with Crippen LogP contribution in [0.15, 0.2) is 42.5 Å². The monoisotopic (exact) mass is 245 g/mol. The first-order valence-electron chi connectivity index (χ1n) is 7.06. The first-order valence-corrected chi connectivity index (χ1v) is 7.06. The standard InChI is InChI=1S/C15H21N.C2H6/c1-12-9-10-16-14(15(12,2)3)11-13-7-5-4-6-8-13;1-2/h4-8,14,16H,1,9-11H2,2-3H3;1-2H3/t14-;/m1./s1. The summed E-state index contributed by atoms with van der Waals surface area (Å²) in [5.41, 5.74) is 2.99. The third-order valence-electron chi connectivity index (χ3n) is 3.88. The third-order valence-corrected chi connectivity index (χ3v) is 3.88. The summed E-state index contributed by atoms with van der Waals surface area (Å²) in [6.07, 6.45) is 2.20. The Morgan fingerprint density at radius 3 is 2.44 bits per heavy atom. The Hall–Kier alpha value is -1.08. The van der Waals surface area contributed by atoms with Crippen LogP contribution in [0.2, 0.25) is 0 Å². The second-order valence-corrected chi connectivity index (χ2v) is 5.27. The fourth-order valence-corrected chi connectivity index (χ4v) is 2.40. The maximum Gasteiger partial charge on any atom is 0.0196 e. The van der Waals surface area contributed by atoms with Gasteiger partial charge in [0.15, 0.2) is 0 Å². The van der Waals surface area contributed by atoms with Crippen molar-refractivity contribution in [1.29, 1.82) is 0 Å². The van der Waals surface area contributed by atoms with Crippen LogP contribution in [0, 0.1) is 5.41 Å². The highest BCUT2D eigenvalue weighted by Crippen LogP contribution is 2.35. The van der Waals surface area contributed by atoms with Gasteiger partial charge in [0.05, 0.1) is 0 Å². The van der Waals surface area contributed by atoms with E-state index in [4.69, 9.17) is 0 Å². The van der Waals surface area contributed by atoms with Crippen LogP contribution < -0.4 is 5.32 Å². The van der Waals surface area contributed by atoms with Crippen LogP contribution in [0.4, 0.5) is 0 Å². The van der Waals surface area contributed by atoms with Crippen LogP contribution in [-0.4, -0.2) is 12.6 Å². The van der Waals surface area contributed by atoms with Gasteiger partial charge in [0, 0.05) is 11.5 Å². The van der Waals surface area contributed by atoms with Crippen molar-refractivity contribution < 1.29 is 0 Å². The van der Waals surface area contributed by atoms with E-state index in [9.17, 15) is 0 Å². The average Bonchev–Trinajstić information content (AvgIpc) is 2.39. The summed E-state index contributed by atoms with van der Waals surface area (Å²) in [6, 6.07) is 11.2. The summed E-state index contributed by atoms with van der Waals surface area (Å²) >= 11 is 0. The Bertz CT molecular complexity index is 364. The van der Waals surface area contributed by atoms with Gasteiger partial charge >= 0.3 is 0 Å². The molecule has 100 valence electrons. The summed E-state index contributed by atoms with van der Waals surface area (Å²) < 4.78 is 0. The van der Waals surface area contributed by atoms with Crippen molar-refractivity contribution >= 4 is 0 Å². The molecule has 0 bridgehead atoms. The van der Waals surface area contributed by atoms with E-state index in [0.29, 0.717) is 6.04 Å². The van der Waals surface area contributed by atoms with E-state index in [1.54, 1.807) is 0 Å². The van der Waals surface area contributed by atoms with Crippen molar-refractivity contribution in [2.75, 3.05) is 6.54 Å². The van der Waals surface area contributed by atoms with E-state index in [0.717, 1.165) is 19.4 Å². The molecule has 0 saturated carbocycles. The zero-order valence-electron chi connectivity index (χ0n) is 12.3. The van der Waals surface area contributed by atoms with Crippen molar-refractivity contribution in [3.8, 4) is 0 Å². The quantitative estimate of drug-likeness (QED) is 0.770. The highest BCUT2D eigenvalue weighted by molar-refractivity contribution is 5.21. The van der Waals surface area contributed by atoms with Gasteiger partial charge in [-0.05, 0) is 24.9 Å². The van der Waals surface area contributed by atoms with Crippen LogP contribution in [-0.2, 0) is 6.42 Å². The van der Waals surface area contributed by atoms with E-state index in [1.807, 2.05) is 13.8 Å². The molecule has 0 spiro atoms. The van der Waals surface area contributed by atoms with Gasteiger partial charge in [-0.25, -0.2) is 0 Å². The molecule has 1 nitrogen and oxygen atoms in total. The highest BCUT2D eigenvalue weighted by Gasteiger charge is 2.34. The Kier molecular flexibility index (Phi) is 5.61. The van der Waals surface area contributed by atoms with Crippen LogP contribution in [0.1, 0.15) is 39.7 Å². The summed E-state index contributed by atoms with van der Waals surface area (Å²) in [5.74, 6) is 0. The van der Waals surface area contributed by atoms with Crippen molar-refractivity contribution in [3.05, 3.63) is 48.0 Å². The van der Waals surface area contributed by atoms with Gasteiger partial charge in [-0.1, -0.05) is 70.2 Å². The van der Waals surface area contributed by atoms with E-state index < -0.39 is 0 Å². The smallest absolute Gasteiger partial charge is 0.0196 e. The first-order chi connectivity index (χ1) is 8.60. The molecule has 0 aromatic heterocycles. The minimum atomic E-state index is 0.202. The molecule has 1 fully saturated rings. The lowest BCUT2D eigenvalue weighted by molar-refractivity contribution is 0.251. The number of nitrogens with one attached hydrogen (secondary N) is 1. The Labute approximate surface area is 112 Å². The fraction of sp³-hybridized carbons (Fsp3) is 0.529. The minimum absolute atomic E-state index is 0.202. The lowest BCUT2D eigenvalue weighted by Gasteiger charge is -2.41. The molecule has 1 aromatic rings. The number of rotatable bonds is 2. The molecule has 0 radical (unpaired) electrons. The van der Waals surface area contributed by atoms with Gasteiger partial charge in [0.2, 0.25) is 0 Å². The van der Waals surface area contributed by atoms with Crippen LogP contribution in [0.3, 0.4) is 0 Å². The van der Waals surface area contributed by atoms with E-state index in [2.05, 4.69) is 56.1 Å². The van der Waals surface area contributed by atoms with Gasteiger partial charge < -0.3 is 5.32 Å². The molecular formula is C17H27N. The topological polar surface area (TPSA) is 12.0 Å². The molecule has 1 saturated heterocycles. The van der Waals surface area contributed by atoms with Crippen molar-refractivity contribution in [2.24, 2.45) is 5.41 Å². The lowest BCUT2D eigenvalue weighted by atomic mass is 9.72. The molecule has 2 rings (SSSR count). The van der Waals surface area contributed by atoms with Crippen molar-refractivity contribution in [2.45, 2.75) is 46.6 Å². The Morgan fingerprint density at radius 2 is 1.83 bits per heavy atom. The number of hydrogen-bond acceptors (Lipinski definition) is 1. The fourth-order valence-electron chi connectivity index (χ4n) is 2.40. The molecule has 18 heavy (non-hydrogen) atoms. The summed E-state index contributed by atoms with van der Waals surface area (Å²) in [6.45, 7) is 13.9. The SMILES string of the molecule is C=C1CCN[C@H](Cc2ccccc2)C1(C)C.CC. The summed E-state index contributed by atoms with van der Waals surface area (Å²) in [4.78, 5) is 0. The van der Waals surface area contributed by atoms with Gasteiger partial charge in [-0.2, -0.15) is 0 Å². The second-order valence-electron chi connectivity index (χ2n) is 5.27. The highest BCUT2D eigenvalue weighted by atomic mass is 14.9. The predicted octanol–water partition coefficient (Wildman–Crippen LogP) is 4.20. The van der Waals surface area contributed by atoms with Gasteiger partial charge in [-0.15, -0.1) is 0 Å². The third kappa shape index (κ3) is 3.46. The number of piperidine rings is 1. The maximum atomic E-state index is 4.22. The Morgan fingerprint density at radius 1 is 1.22 bits per heavy atom. The molecule has 1 aromatic carbocycles. The first kappa shape index (κ1) is 15.0. The molecule has 1 aliphatic heterocycles. The number of hydrogen-bond donors (Lipinski definition) is 1. The minimum Gasteiger partial charge on any atom is -0.312 e. The number of benzene rings is 1. The second kappa shape index (κ2) is 6.75. The van der Waals surface area contributed by atoms with E-state index in [1.165, 1.54) is 11.1 Å². The molecule has 0 amide bonds. The van der Waals surface area contributed by atoms with Gasteiger partial charge in [0.25, 0.3) is 0 Å². The van der Waals surface area contributed by atoms with Crippen molar-refractivity contribution in [3.63, 3.8) is 0 Å². The molecule has 1 N–H and O–H groups in total. The molecule has 1 aliphatic rings. The average molecular weight is 245 g/mol. The molecular weight excluding hydrogens is 218 g/mol. The lowest BCUT2D eigenvalue weighted by Crippen LogP contribution is -2.49. The van der Waals surface area contributed by atoms with Crippen molar-refractivity contribution in [1.82, 2.24) is 5.32 Å². The zero-order chi connectivity index (χ0) is 13.6. The molecule has 0 aliphatic carbocycles. The maximum absolute atomic E-state index is 4.22. The zero-order valence-corrected chi connectivity index (χ0v) is 12.3. The predicted molar refractivity (Wildman–Crippen MR) is 80.8 cm³/mol. The summed E-state index contributed by atoms with van der Waals surface area (Å²) in [5, 5.41) is 3.63. The molecule has 1 atom stereocenters.